The summed E-state index contributed by atoms with van der Waals surface area (Å²) in [5.74, 6) is 0. The summed E-state index contributed by atoms with van der Waals surface area (Å²) in [6, 6.07) is 6.80. The van der Waals surface area contributed by atoms with E-state index in [9.17, 15) is 8.42 Å². The van der Waals surface area contributed by atoms with Crippen LogP contribution in [0.25, 0.3) is 5.65 Å². The normalized spacial score (nSPS) is 11.8. The Morgan fingerprint density at radius 3 is 2.89 bits per heavy atom. The summed E-state index contributed by atoms with van der Waals surface area (Å²) < 4.78 is 29.1. The lowest BCUT2D eigenvalue weighted by molar-refractivity contribution is 0.603. The van der Waals surface area contributed by atoms with E-state index in [4.69, 9.17) is 0 Å². The summed E-state index contributed by atoms with van der Waals surface area (Å²) >= 11 is 1.19. The predicted molar refractivity (Wildman–Crippen MR) is 75.1 cm³/mol. The fourth-order valence-corrected chi connectivity index (χ4v) is 3.96. The molecule has 0 unspecified atom stereocenters. The third-order valence-corrected chi connectivity index (χ3v) is 5.59. The van der Waals surface area contributed by atoms with Crippen LogP contribution in [0.3, 0.4) is 0 Å². The summed E-state index contributed by atoms with van der Waals surface area (Å²) in [5.41, 5.74) is 2.14. The second-order valence-electron chi connectivity index (χ2n) is 4.03. The number of hydrogen-bond donors (Lipinski definition) is 1. The van der Waals surface area contributed by atoms with Crippen LogP contribution in [0.15, 0.2) is 46.2 Å². The molecule has 0 saturated carbocycles. The molecule has 0 aromatic carbocycles. The summed E-state index contributed by atoms with van der Waals surface area (Å²) in [6.45, 7) is 1.85. The lowest BCUT2D eigenvalue weighted by atomic mass is 10.3. The van der Waals surface area contributed by atoms with Crippen molar-refractivity contribution in [2.75, 3.05) is 4.72 Å². The molecule has 0 aliphatic heterocycles. The summed E-state index contributed by atoms with van der Waals surface area (Å²) in [5, 5.41) is 1.74. The minimum atomic E-state index is -3.51. The van der Waals surface area contributed by atoms with Gasteiger partial charge < -0.3 is 4.40 Å². The van der Waals surface area contributed by atoms with Crippen molar-refractivity contribution in [2.24, 2.45) is 0 Å². The van der Waals surface area contributed by atoms with Crippen molar-refractivity contribution < 1.29 is 8.42 Å². The zero-order chi connectivity index (χ0) is 13.5. The Bertz CT molecular complexity index is 820. The third kappa shape index (κ3) is 2.11. The smallest absolute Gasteiger partial charge is 0.271 e. The van der Waals surface area contributed by atoms with E-state index in [1.165, 1.54) is 11.3 Å². The number of hydrogen-bond acceptors (Lipinski definition) is 4. The van der Waals surface area contributed by atoms with Gasteiger partial charge >= 0.3 is 0 Å². The number of imidazole rings is 1. The Kier molecular flexibility index (Phi) is 2.79. The van der Waals surface area contributed by atoms with Gasteiger partial charge in [-0.3, -0.25) is 4.72 Å². The number of aromatic nitrogens is 2. The number of nitrogens with one attached hydrogen (secondary N) is 1. The molecule has 7 heteroatoms. The third-order valence-electron chi connectivity index (χ3n) is 2.82. The summed E-state index contributed by atoms with van der Waals surface area (Å²) in [6.07, 6.45) is 3.48. The first kappa shape index (κ1) is 12.2. The molecular formula is C12H11N3O2S2. The van der Waals surface area contributed by atoms with Crippen LogP contribution in [0.1, 0.15) is 5.69 Å². The van der Waals surface area contributed by atoms with Gasteiger partial charge in [-0.15, -0.1) is 11.3 Å². The van der Waals surface area contributed by atoms with Gasteiger partial charge in [0.2, 0.25) is 0 Å². The summed E-state index contributed by atoms with van der Waals surface area (Å²) in [7, 11) is -3.51. The van der Waals surface area contributed by atoms with E-state index in [-0.39, 0.29) is 0 Å². The van der Waals surface area contributed by atoms with Crippen molar-refractivity contribution in [3.05, 3.63) is 47.7 Å². The minimum absolute atomic E-state index is 0.303. The van der Waals surface area contributed by atoms with Crippen LogP contribution in [0.2, 0.25) is 0 Å². The minimum Gasteiger partial charge on any atom is -0.302 e. The van der Waals surface area contributed by atoms with Crippen LogP contribution in [0, 0.1) is 6.92 Å². The number of anilines is 1. The highest BCUT2D eigenvalue weighted by Crippen LogP contribution is 2.23. The van der Waals surface area contributed by atoms with Crippen molar-refractivity contribution in [1.29, 1.82) is 0 Å². The van der Waals surface area contributed by atoms with Crippen molar-refractivity contribution in [1.82, 2.24) is 9.38 Å². The molecule has 0 aliphatic rings. The van der Waals surface area contributed by atoms with Gasteiger partial charge in [-0.2, -0.15) is 0 Å². The Morgan fingerprint density at radius 2 is 2.16 bits per heavy atom. The van der Waals surface area contributed by atoms with Gasteiger partial charge in [-0.1, -0.05) is 6.07 Å². The molecule has 0 fully saturated rings. The number of pyridine rings is 1. The zero-order valence-corrected chi connectivity index (χ0v) is 11.7. The van der Waals surface area contributed by atoms with Crippen molar-refractivity contribution >= 4 is 32.7 Å². The van der Waals surface area contributed by atoms with Crippen molar-refractivity contribution in [2.45, 2.75) is 11.1 Å². The number of sulfonamides is 1. The van der Waals surface area contributed by atoms with Gasteiger partial charge in [0, 0.05) is 18.1 Å². The Hall–Kier alpha value is -1.86. The van der Waals surface area contributed by atoms with Crippen LogP contribution >= 0.6 is 11.3 Å². The van der Waals surface area contributed by atoms with E-state index in [1.54, 1.807) is 42.0 Å². The molecule has 1 N–H and O–H groups in total. The van der Waals surface area contributed by atoms with E-state index in [0.717, 1.165) is 11.3 Å². The predicted octanol–water partition coefficient (Wildman–Crippen LogP) is 2.51. The van der Waals surface area contributed by atoms with Crippen molar-refractivity contribution in [3.8, 4) is 0 Å². The molecule has 19 heavy (non-hydrogen) atoms. The van der Waals surface area contributed by atoms with E-state index in [0.29, 0.717) is 9.90 Å². The maximum Gasteiger partial charge on any atom is 0.271 e. The second kappa shape index (κ2) is 4.36. The molecule has 3 aromatic rings. The largest absolute Gasteiger partial charge is 0.302 e. The first-order chi connectivity index (χ1) is 9.08. The molecule has 0 amide bonds. The van der Waals surface area contributed by atoms with Crippen molar-refractivity contribution in [3.63, 3.8) is 0 Å². The van der Waals surface area contributed by atoms with Crippen LogP contribution < -0.4 is 4.72 Å². The van der Waals surface area contributed by atoms with Crippen LogP contribution in [0.4, 0.5) is 5.69 Å². The molecule has 98 valence electrons. The van der Waals surface area contributed by atoms with Gasteiger partial charge in [0.1, 0.15) is 9.86 Å². The maximum absolute atomic E-state index is 12.2. The van der Waals surface area contributed by atoms with Gasteiger partial charge in [0.05, 0.1) is 5.69 Å². The molecule has 0 spiro atoms. The lowest BCUT2D eigenvalue weighted by Gasteiger charge is -2.10. The number of nitrogens with zero attached hydrogens (tertiary/aromatic N) is 2. The number of fused-ring (bicyclic) bond motifs is 1. The van der Waals surface area contributed by atoms with E-state index in [1.807, 2.05) is 11.3 Å². The number of aryl methyl sites for hydroxylation is 1. The standard InChI is InChI=1S/C12H11N3O2S2/c1-9-10(4-5-11-13-6-7-15(9)11)14-19(16,17)12-3-2-8-18-12/h2-8,14H,1H3. The highest BCUT2D eigenvalue weighted by Gasteiger charge is 2.16. The number of rotatable bonds is 3. The van der Waals surface area contributed by atoms with E-state index < -0.39 is 10.0 Å². The SMILES string of the molecule is Cc1c(NS(=O)(=O)c2cccs2)ccc2nccn12. The molecule has 0 radical (unpaired) electrons. The molecule has 0 bridgehead atoms. The average Bonchev–Trinajstić information content (AvgIpc) is 3.02. The first-order valence-corrected chi connectivity index (χ1v) is 7.93. The second-order valence-corrected chi connectivity index (χ2v) is 6.88. The maximum atomic E-state index is 12.2. The molecule has 0 aliphatic carbocycles. The first-order valence-electron chi connectivity index (χ1n) is 5.57. The van der Waals surface area contributed by atoms with Gasteiger partial charge in [-0.25, -0.2) is 13.4 Å². The molecule has 0 atom stereocenters. The van der Waals surface area contributed by atoms with E-state index >= 15 is 0 Å². The quantitative estimate of drug-likeness (QED) is 0.807. The molecule has 5 nitrogen and oxygen atoms in total. The molecular weight excluding hydrogens is 282 g/mol. The molecule has 3 heterocycles. The summed E-state index contributed by atoms with van der Waals surface area (Å²) in [4.78, 5) is 4.15. The van der Waals surface area contributed by atoms with Crippen LogP contribution in [0.5, 0.6) is 0 Å². The average molecular weight is 293 g/mol. The number of thiophene rings is 1. The Labute approximate surface area is 114 Å². The fourth-order valence-electron chi connectivity index (χ4n) is 1.85. The molecule has 3 rings (SSSR count). The van der Waals surface area contributed by atoms with Gasteiger partial charge in [-0.05, 0) is 30.5 Å². The van der Waals surface area contributed by atoms with Gasteiger partial charge in [0.25, 0.3) is 10.0 Å². The van der Waals surface area contributed by atoms with E-state index in [2.05, 4.69) is 9.71 Å². The highest BCUT2D eigenvalue weighted by atomic mass is 32.2. The Balaban J connectivity index is 2.04. The monoisotopic (exact) mass is 293 g/mol. The molecule has 3 aromatic heterocycles. The Morgan fingerprint density at radius 1 is 1.32 bits per heavy atom. The highest BCUT2D eigenvalue weighted by molar-refractivity contribution is 7.94. The lowest BCUT2D eigenvalue weighted by Crippen LogP contribution is -2.13. The van der Waals surface area contributed by atoms with Gasteiger partial charge in [0.15, 0.2) is 0 Å². The van der Waals surface area contributed by atoms with Crippen LogP contribution in [-0.2, 0) is 10.0 Å². The fraction of sp³-hybridized carbons (Fsp3) is 0.0833. The zero-order valence-electron chi connectivity index (χ0n) is 10.1. The topological polar surface area (TPSA) is 63.5 Å². The molecule has 0 saturated heterocycles. The van der Waals surface area contributed by atoms with Crippen LogP contribution in [-0.4, -0.2) is 17.8 Å².